The highest BCUT2D eigenvalue weighted by molar-refractivity contribution is 6.07. The predicted molar refractivity (Wildman–Crippen MR) is 139 cm³/mol. The maximum atomic E-state index is 15.1. The van der Waals surface area contributed by atoms with Gasteiger partial charge in [0.05, 0.1) is 34.4 Å². The predicted octanol–water partition coefficient (Wildman–Crippen LogP) is 7.45. The molecule has 0 aromatic heterocycles. The van der Waals surface area contributed by atoms with Gasteiger partial charge in [-0.1, -0.05) is 0 Å². The molecule has 0 radical (unpaired) electrons. The Kier molecular flexibility index (Phi) is 7.23. The fraction of sp³-hybridized carbons (Fsp3) is 0. The van der Waals surface area contributed by atoms with Crippen molar-refractivity contribution in [1.29, 1.82) is 31.6 Å². The lowest BCUT2D eigenvalue weighted by Gasteiger charge is -2.14. The van der Waals surface area contributed by atoms with Gasteiger partial charge in [0.1, 0.15) is 41.0 Å². The Labute approximate surface area is 252 Å². The first kappa shape index (κ1) is 30.5. The summed E-state index contributed by atoms with van der Waals surface area (Å²) in [4.78, 5) is 0. The van der Waals surface area contributed by atoms with Crippen molar-refractivity contribution in [3.63, 3.8) is 0 Å². The maximum Gasteiger partial charge on any atom is 0.180 e. The number of benzene rings is 4. The average Bonchev–Trinajstić information content (AvgIpc) is 3.35. The van der Waals surface area contributed by atoms with Crippen molar-refractivity contribution in [2.45, 2.75) is 0 Å². The summed E-state index contributed by atoms with van der Waals surface area (Å²) in [5.74, 6) is -16.6. The Morgan fingerprint density at radius 3 is 0.978 bits per heavy atom. The molecule has 4 aromatic rings. The van der Waals surface area contributed by atoms with E-state index < -0.39 is 96.6 Å². The molecule has 0 N–H and O–H groups in total. The fourth-order valence-electron chi connectivity index (χ4n) is 5.14. The Bertz CT molecular complexity index is 2200. The SMILES string of the molecule is N#CC(C#N)=C1c2cc(C#N)c(-c3c(F)c(F)c(C#N)c(F)c3F)cc2-c2cc(-c3c(F)c(F)c(C#N)c(F)c3F)c(C#N)cc21. The molecule has 0 saturated carbocycles. The van der Waals surface area contributed by atoms with Crippen LogP contribution in [0.15, 0.2) is 29.8 Å². The first-order valence-electron chi connectivity index (χ1n) is 12.2. The molecule has 1 aliphatic rings. The van der Waals surface area contributed by atoms with Gasteiger partial charge >= 0.3 is 0 Å². The first-order chi connectivity index (χ1) is 21.9. The molecule has 0 spiro atoms. The molecule has 0 bridgehead atoms. The molecule has 1 aliphatic carbocycles. The van der Waals surface area contributed by atoms with Crippen molar-refractivity contribution in [1.82, 2.24) is 0 Å². The maximum absolute atomic E-state index is 15.1. The smallest absolute Gasteiger partial charge is 0.180 e. The van der Waals surface area contributed by atoms with Crippen LogP contribution in [0.25, 0.3) is 39.0 Å². The first-order valence-corrected chi connectivity index (χ1v) is 12.2. The Hall–Kier alpha value is -7.00. The van der Waals surface area contributed by atoms with Gasteiger partial charge in [-0.05, 0) is 46.5 Å². The van der Waals surface area contributed by atoms with E-state index in [1.165, 1.54) is 0 Å². The summed E-state index contributed by atoms with van der Waals surface area (Å²) in [6, 6.07) is 11.6. The summed E-state index contributed by atoms with van der Waals surface area (Å²) in [6.45, 7) is 0. The molecular weight excluding hydrogens is 620 g/mol. The standard InChI is InChI=1S/C32H4F8N6/c33-25-20(9-45)26(34)30(38)23(29(25)37)14-3-16-17-4-15(24-31(39)27(35)21(10-46)28(36)32(24)40)12(6-42)2-19(17)22(13(7-43)8-44)18(16)1-11(14)5-41/h1-4H. The van der Waals surface area contributed by atoms with Gasteiger partial charge in [-0.15, -0.1) is 0 Å². The number of halogens is 8. The third-order valence-electron chi connectivity index (χ3n) is 7.15. The highest BCUT2D eigenvalue weighted by Gasteiger charge is 2.35. The normalized spacial score (nSPS) is 10.9. The van der Waals surface area contributed by atoms with Crippen LogP contribution in [0.5, 0.6) is 0 Å². The summed E-state index contributed by atoms with van der Waals surface area (Å²) < 4.78 is 119. The average molecular weight is 624 g/mol. The molecule has 6 nitrogen and oxygen atoms in total. The molecule has 14 heteroatoms. The molecule has 0 amide bonds. The molecule has 4 aromatic carbocycles. The zero-order valence-electron chi connectivity index (χ0n) is 22.0. The highest BCUT2D eigenvalue weighted by Crippen LogP contribution is 2.51. The Morgan fingerprint density at radius 1 is 0.391 bits per heavy atom. The molecule has 0 heterocycles. The lowest BCUT2D eigenvalue weighted by molar-refractivity contribution is 0.454. The van der Waals surface area contributed by atoms with Crippen molar-refractivity contribution < 1.29 is 35.1 Å². The van der Waals surface area contributed by atoms with Crippen LogP contribution in [-0.2, 0) is 0 Å². The fourth-order valence-corrected chi connectivity index (χ4v) is 5.14. The topological polar surface area (TPSA) is 143 Å². The largest absolute Gasteiger partial charge is 0.203 e. The lowest BCUT2D eigenvalue weighted by atomic mass is 9.90. The summed E-state index contributed by atoms with van der Waals surface area (Å²) in [5.41, 5.74) is -10.8. The Morgan fingerprint density at radius 2 is 0.717 bits per heavy atom. The van der Waals surface area contributed by atoms with Gasteiger partial charge in [-0.2, -0.15) is 31.6 Å². The van der Waals surface area contributed by atoms with Crippen LogP contribution in [0.1, 0.15) is 33.4 Å². The minimum absolute atomic E-state index is 0.192. The molecule has 218 valence electrons. The second-order valence-corrected chi connectivity index (χ2v) is 9.32. The quantitative estimate of drug-likeness (QED) is 0.113. The second-order valence-electron chi connectivity index (χ2n) is 9.32. The number of nitriles is 6. The summed E-state index contributed by atoms with van der Waals surface area (Å²) >= 11 is 0. The van der Waals surface area contributed by atoms with Crippen molar-refractivity contribution in [2.24, 2.45) is 0 Å². The minimum Gasteiger partial charge on any atom is -0.203 e. The molecule has 0 saturated heterocycles. The van der Waals surface area contributed by atoms with Gasteiger partial charge in [0.25, 0.3) is 0 Å². The summed E-state index contributed by atoms with van der Waals surface area (Å²) in [5, 5.41) is 56.8. The number of hydrogen-bond acceptors (Lipinski definition) is 6. The summed E-state index contributed by atoms with van der Waals surface area (Å²) in [6.07, 6.45) is 0. The van der Waals surface area contributed by atoms with E-state index in [4.69, 9.17) is 10.5 Å². The van der Waals surface area contributed by atoms with Gasteiger partial charge in [0.2, 0.25) is 0 Å². The highest BCUT2D eigenvalue weighted by atomic mass is 19.2. The number of rotatable bonds is 2. The monoisotopic (exact) mass is 624 g/mol. The van der Waals surface area contributed by atoms with Gasteiger partial charge in [-0.3, -0.25) is 0 Å². The summed E-state index contributed by atoms with van der Waals surface area (Å²) in [7, 11) is 0. The minimum atomic E-state index is -2.09. The van der Waals surface area contributed by atoms with Crippen molar-refractivity contribution in [2.75, 3.05) is 0 Å². The van der Waals surface area contributed by atoms with Crippen LogP contribution in [0.2, 0.25) is 0 Å². The van der Waals surface area contributed by atoms with Gasteiger partial charge in [0.15, 0.2) is 46.5 Å². The van der Waals surface area contributed by atoms with Crippen LogP contribution in [-0.4, -0.2) is 0 Å². The van der Waals surface area contributed by atoms with Crippen LogP contribution < -0.4 is 0 Å². The number of allylic oxidation sites excluding steroid dienone is 1. The van der Waals surface area contributed by atoms with Crippen molar-refractivity contribution in [3.8, 4) is 69.8 Å². The van der Waals surface area contributed by atoms with Crippen LogP contribution in [0, 0.1) is 115 Å². The molecule has 0 aliphatic heterocycles. The van der Waals surface area contributed by atoms with E-state index in [2.05, 4.69) is 0 Å². The number of nitrogens with zero attached hydrogens (tertiary/aromatic N) is 6. The molecule has 5 rings (SSSR count). The van der Waals surface area contributed by atoms with E-state index in [-0.39, 0.29) is 27.8 Å². The van der Waals surface area contributed by atoms with E-state index in [9.17, 15) is 38.6 Å². The van der Waals surface area contributed by atoms with Crippen molar-refractivity contribution >= 4 is 5.57 Å². The molecule has 0 atom stereocenters. The van der Waals surface area contributed by atoms with E-state index in [0.717, 1.165) is 36.4 Å². The van der Waals surface area contributed by atoms with E-state index >= 15 is 17.6 Å². The van der Waals surface area contributed by atoms with E-state index in [1.807, 2.05) is 0 Å². The molecule has 0 fully saturated rings. The van der Waals surface area contributed by atoms with E-state index in [0.29, 0.717) is 0 Å². The van der Waals surface area contributed by atoms with E-state index in [1.54, 1.807) is 24.3 Å². The van der Waals surface area contributed by atoms with Crippen molar-refractivity contribution in [3.05, 3.63) is 110 Å². The Balaban J connectivity index is 1.97. The van der Waals surface area contributed by atoms with Crippen LogP contribution >= 0.6 is 0 Å². The number of hydrogen-bond donors (Lipinski definition) is 0. The van der Waals surface area contributed by atoms with Gasteiger partial charge in [-0.25, -0.2) is 35.1 Å². The lowest BCUT2D eigenvalue weighted by Crippen LogP contribution is -2.05. The van der Waals surface area contributed by atoms with Gasteiger partial charge in [0, 0.05) is 16.7 Å². The molecule has 46 heavy (non-hydrogen) atoms. The third-order valence-corrected chi connectivity index (χ3v) is 7.15. The van der Waals surface area contributed by atoms with Crippen LogP contribution in [0.4, 0.5) is 35.1 Å². The zero-order valence-corrected chi connectivity index (χ0v) is 22.0. The molecular formula is C32H4F8N6. The molecule has 0 unspecified atom stereocenters. The second kappa shape index (κ2) is 10.9. The zero-order chi connectivity index (χ0) is 33.8. The van der Waals surface area contributed by atoms with Gasteiger partial charge < -0.3 is 0 Å². The van der Waals surface area contributed by atoms with Crippen LogP contribution in [0.3, 0.4) is 0 Å². The number of fused-ring (bicyclic) bond motifs is 3. The third kappa shape index (κ3) is 4.04.